The van der Waals surface area contributed by atoms with Crippen molar-refractivity contribution in [2.75, 3.05) is 24.4 Å². The minimum Gasteiger partial charge on any atom is -0.269 e. The van der Waals surface area contributed by atoms with E-state index in [0.29, 0.717) is 6.61 Å². The first-order chi connectivity index (χ1) is 5.56. The lowest BCUT2D eigenvalue weighted by molar-refractivity contribution is 0.345. The number of unbranched alkanes of at least 4 members (excludes halogenated alkanes) is 1. The topological polar surface area (TPSA) is 43.4 Å². The van der Waals surface area contributed by atoms with Crippen molar-refractivity contribution >= 4 is 21.9 Å². The summed E-state index contributed by atoms with van der Waals surface area (Å²) in [4.78, 5) is 0. The Morgan fingerprint density at radius 3 is 2.50 bits per heavy atom. The highest BCUT2D eigenvalue weighted by atomic mass is 32.2. The normalized spacial score (nSPS) is 11.8. The highest BCUT2D eigenvalue weighted by Crippen LogP contribution is 2.04. The third-order valence-electron chi connectivity index (χ3n) is 1.17. The number of hydrogen-bond donors (Lipinski definition) is 0. The van der Waals surface area contributed by atoms with Gasteiger partial charge in [-0.05, 0) is 12.2 Å². The van der Waals surface area contributed by atoms with Gasteiger partial charge < -0.3 is 0 Å². The average molecular weight is 212 g/mol. The minimum atomic E-state index is -3.23. The fourth-order valence-corrected chi connectivity index (χ4v) is 1.98. The van der Waals surface area contributed by atoms with Gasteiger partial charge in [0.15, 0.2) is 0 Å². The summed E-state index contributed by atoms with van der Waals surface area (Å²) in [5.41, 5.74) is 0. The van der Waals surface area contributed by atoms with Crippen LogP contribution < -0.4 is 0 Å². The molecule has 0 aliphatic heterocycles. The molecule has 0 amide bonds. The largest absolute Gasteiger partial charge is 0.269 e. The summed E-state index contributed by atoms with van der Waals surface area (Å²) in [6.07, 6.45) is 3.44. The Morgan fingerprint density at radius 1 is 1.33 bits per heavy atom. The zero-order chi connectivity index (χ0) is 9.45. The molecular formula is C7H16O3S2. The zero-order valence-corrected chi connectivity index (χ0v) is 9.21. The fourth-order valence-electron chi connectivity index (χ4n) is 0.593. The Labute approximate surface area is 79.0 Å². The van der Waals surface area contributed by atoms with Gasteiger partial charge in [-0.15, -0.1) is 0 Å². The van der Waals surface area contributed by atoms with E-state index in [0.717, 1.165) is 17.8 Å². The molecule has 0 heterocycles. The van der Waals surface area contributed by atoms with E-state index < -0.39 is 10.1 Å². The van der Waals surface area contributed by atoms with E-state index in [-0.39, 0.29) is 0 Å². The van der Waals surface area contributed by atoms with Gasteiger partial charge in [-0.2, -0.15) is 20.2 Å². The molecule has 0 fully saturated rings. The van der Waals surface area contributed by atoms with Crippen LogP contribution >= 0.6 is 11.8 Å². The third-order valence-corrected chi connectivity index (χ3v) is 2.79. The molecule has 0 spiro atoms. The second-order valence-electron chi connectivity index (χ2n) is 2.49. The molecule has 12 heavy (non-hydrogen) atoms. The first-order valence-corrected chi connectivity index (χ1v) is 6.95. The molecule has 0 rings (SSSR count). The number of rotatable bonds is 7. The fraction of sp³-hybridized carbons (Fsp3) is 1.00. The van der Waals surface area contributed by atoms with Gasteiger partial charge >= 0.3 is 0 Å². The molecule has 0 atom stereocenters. The number of hydrogen-bond acceptors (Lipinski definition) is 4. The van der Waals surface area contributed by atoms with Gasteiger partial charge in [0, 0.05) is 5.75 Å². The lowest BCUT2D eigenvalue weighted by Crippen LogP contribution is -2.05. The maximum atomic E-state index is 10.5. The summed E-state index contributed by atoms with van der Waals surface area (Å²) in [7, 11) is -3.23. The van der Waals surface area contributed by atoms with Crippen molar-refractivity contribution in [1.82, 2.24) is 0 Å². The first kappa shape index (κ1) is 12.3. The van der Waals surface area contributed by atoms with Crippen molar-refractivity contribution in [3.63, 3.8) is 0 Å². The van der Waals surface area contributed by atoms with Crippen molar-refractivity contribution in [1.29, 1.82) is 0 Å². The Hall–Kier alpha value is 0.260. The molecule has 74 valence electrons. The van der Waals surface area contributed by atoms with Crippen molar-refractivity contribution < 1.29 is 12.6 Å². The molecule has 0 aromatic heterocycles. The first-order valence-electron chi connectivity index (χ1n) is 3.98. The average Bonchev–Trinajstić information content (AvgIpc) is 1.94. The van der Waals surface area contributed by atoms with Crippen LogP contribution in [0.15, 0.2) is 0 Å². The van der Waals surface area contributed by atoms with Crippen molar-refractivity contribution in [2.45, 2.75) is 19.8 Å². The molecule has 0 aromatic rings. The monoisotopic (exact) mass is 212 g/mol. The molecule has 0 saturated carbocycles. The van der Waals surface area contributed by atoms with Crippen LogP contribution in [0.3, 0.4) is 0 Å². The maximum Gasteiger partial charge on any atom is 0.264 e. The molecule has 0 radical (unpaired) electrons. The predicted molar refractivity (Wildman–Crippen MR) is 53.0 cm³/mol. The molecule has 0 saturated heterocycles. The molecule has 0 aliphatic rings. The van der Waals surface area contributed by atoms with Crippen molar-refractivity contribution in [3.8, 4) is 0 Å². The molecule has 0 unspecified atom stereocenters. The second-order valence-corrected chi connectivity index (χ2v) is 5.36. The van der Waals surface area contributed by atoms with Crippen LogP contribution in [0.1, 0.15) is 19.8 Å². The predicted octanol–water partition coefficient (Wildman–Crippen LogP) is 1.50. The number of thioether (sulfide) groups is 1. The van der Waals surface area contributed by atoms with E-state index >= 15 is 0 Å². The maximum absolute atomic E-state index is 10.5. The molecule has 5 heteroatoms. The molecule has 0 N–H and O–H groups in total. The quantitative estimate of drug-likeness (QED) is 0.474. The Bertz CT molecular complexity index is 187. The molecular weight excluding hydrogens is 196 g/mol. The summed E-state index contributed by atoms with van der Waals surface area (Å²) >= 11 is 1.73. The molecule has 3 nitrogen and oxygen atoms in total. The summed E-state index contributed by atoms with van der Waals surface area (Å²) in [6, 6.07) is 0. The van der Waals surface area contributed by atoms with E-state index in [9.17, 15) is 8.42 Å². The standard InChI is InChI=1S/C7H16O3S2/c1-3-4-6-11-7-5-10-12(2,8)9/h3-7H2,1-2H3. The van der Waals surface area contributed by atoms with Crippen LogP contribution in [-0.2, 0) is 14.3 Å². The van der Waals surface area contributed by atoms with Crippen molar-refractivity contribution in [2.24, 2.45) is 0 Å². The summed E-state index contributed by atoms with van der Waals surface area (Å²) in [5.74, 6) is 1.84. The van der Waals surface area contributed by atoms with Crippen LogP contribution in [0.5, 0.6) is 0 Å². The van der Waals surface area contributed by atoms with E-state index in [1.807, 2.05) is 0 Å². The lowest BCUT2D eigenvalue weighted by Gasteiger charge is -2.00. The van der Waals surface area contributed by atoms with Gasteiger partial charge in [-0.1, -0.05) is 13.3 Å². The van der Waals surface area contributed by atoms with E-state index in [1.165, 1.54) is 12.8 Å². The van der Waals surface area contributed by atoms with Gasteiger partial charge in [0.05, 0.1) is 12.9 Å². The van der Waals surface area contributed by atoms with Crippen molar-refractivity contribution in [3.05, 3.63) is 0 Å². The zero-order valence-electron chi connectivity index (χ0n) is 7.58. The van der Waals surface area contributed by atoms with Crippen LogP contribution in [0, 0.1) is 0 Å². The highest BCUT2D eigenvalue weighted by molar-refractivity contribution is 7.99. The molecule has 0 aromatic carbocycles. The van der Waals surface area contributed by atoms with Crippen LogP contribution in [-0.4, -0.2) is 32.8 Å². The third kappa shape index (κ3) is 10.3. The lowest BCUT2D eigenvalue weighted by atomic mass is 10.4. The van der Waals surface area contributed by atoms with Crippen LogP contribution in [0.25, 0.3) is 0 Å². The Balaban J connectivity index is 3.12. The summed E-state index contributed by atoms with van der Waals surface area (Å²) in [6.45, 7) is 2.43. The van der Waals surface area contributed by atoms with Gasteiger partial charge in [0.2, 0.25) is 0 Å². The van der Waals surface area contributed by atoms with Gasteiger partial charge in [0.1, 0.15) is 0 Å². The highest BCUT2D eigenvalue weighted by Gasteiger charge is 1.99. The molecule has 0 bridgehead atoms. The van der Waals surface area contributed by atoms with Gasteiger partial charge in [-0.25, -0.2) is 0 Å². The molecule has 0 aliphatic carbocycles. The Morgan fingerprint density at radius 2 is 2.00 bits per heavy atom. The second kappa shape index (κ2) is 6.74. The van der Waals surface area contributed by atoms with E-state index in [4.69, 9.17) is 0 Å². The summed E-state index contributed by atoms with van der Waals surface area (Å²) in [5, 5.41) is 0. The van der Waals surface area contributed by atoms with E-state index in [1.54, 1.807) is 11.8 Å². The SMILES string of the molecule is CCCCSCCOS(C)(=O)=O. The Kier molecular flexibility index (Phi) is 6.89. The smallest absolute Gasteiger partial charge is 0.264 e. The van der Waals surface area contributed by atoms with Crippen LogP contribution in [0.2, 0.25) is 0 Å². The minimum absolute atomic E-state index is 0.299. The van der Waals surface area contributed by atoms with E-state index in [2.05, 4.69) is 11.1 Å². The van der Waals surface area contributed by atoms with Gasteiger partial charge in [-0.3, -0.25) is 4.18 Å². The van der Waals surface area contributed by atoms with Gasteiger partial charge in [0.25, 0.3) is 10.1 Å². The summed E-state index contributed by atoms with van der Waals surface area (Å²) < 4.78 is 25.5. The van der Waals surface area contributed by atoms with Crippen LogP contribution in [0.4, 0.5) is 0 Å².